The summed E-state index contributed by atoms with van der Waals surface area (Å²) in [7, 11) is 0. The van der Waals surface area contributed by atoms with Gasteiger partial charge in [0.1, 0.15) is 0 Å². The molecule has 0 aromatic heterocycles. The van der Waals surface area contributed by atoms with E-state index in [0.717, 1.165) is 47.3 Å². The van der Waals surface area contributed by atoms with E-state index < -0.39 is 0 Å². The van der Waals surface area contributed by atoms with E-state index in [1.54, 1.807) is 0 Å². The molecule has 0 amide bonds. The quantitative estimate of drug-likeness (QED) is 0.0925. The van der Waals surface area contributed by atoms with Crippen LogP contribution in [0.2, 0.25) is 0 Å². The molecule has 1 saturated carbocycles. The van der Waals surface area contributed by atoms with Crippen molar-refractivity contribution >= 4 is 11.9 Å². The van der Waals surface area contributed by atoms with Gasteiger partial charge in [0.25, 0.3) is 0 Å². The number of rotatable bonds is 4. The van der Waals surface area contributed by atoms with Crippen molar-refractivity contribution in [1.82, 2.24) is 0 Å². The SMILES string of the molecule is C=C/C(=C(/C=O)c1[c-]cc(C#CC)cc1C)[C-]1CCC(C)CC1.CC.CC.[CH3-].[Nb+2].[Y]. The van der Waals surface area contributed by atoms with Crippen LogP contribution in [-0.4, -0.2) is 6.29 Å². The monoisotopic (exact) mass is 561 g/mol. The van der Waals surface area contributed by atoms with Gasteiger partial charge < -0.3 is 12.2 Å². The Kier molecular flexibility index (Phi) is 27.0. The maximum absolute atomic E-state index is 11.8. The van der Waals surface area contributed by atoms with E-state index in [-0.39, 0.29) is 62.5 Å². The molecule has 0 atom stereocenters. The van der Waals surface area contributed by atoms with Crippen LogP contribution in [0.25, 0.3) is 5.57 Å². The summed E-state index contributed by atoms with van der Waals surface area (Å²) < 4.78 is 0. The minimum Gasteiger partial charge on any atom is -0.358 e. The summed E-state index contributed by atoms with van der Waals surface area (Å²) in [4.78, 5) is 11.8. The van der Waals surface area contributed by atoms with Crippen LogP contribution in [0, 0.1) is 44.1 Å². The Morgan fingerprint density at radius 2 is 1.77 bits per heavy atom. The zero-order valence-corrected chi connectivity index (χ0v) is 25.4. The van der Waals surface area contributed by atoms with Gasteiger partial charge >= 0.3 is 22.4 Å². The van der Waals surface area contributed by atoms with E-state index in [9.17, 15) is 4.79 Å². The number of hydrogen-bond donors (Lipinski definition) is 0. The molecule has 0 unspecified atom stereocenters. The van der Waals surface area contributed by atoms with Crippen LogP contribution in [-0.2, 0) is 59.9 Å². The van der Waals surface area contributed by atoms with Gasteiger partial charge in [-0.3, -0.25) is 0 Å². The predicted octanol–water partition coefficient (Wildman–Crippen LogP) is 7.59. The fourth-order valence-electron chi connectivity index (χ4n) is 3.20. The van der Waals surface area contributed by atoms with E-state index in [2.05, 4.69) is 31.4 Å². The van der Waals surface area contributed by atoms with Crippen LogP contribution in [0.1, 0.15) is 83.9 Å². The van der Waals surface area contributed by atoms with Gasteiger partial charge in [0.15, 0.2) is 0 Å². The number of carbonyl (C=O) groups is 1. The Balaban J connectivity index is -0.000000455. The fraction of sp³-hybridized carbons (Fsp3) is 0.444. The molecule has 2 rings (SSSR count). The van der Waals surface area contributed by atoms with Crippen molar-refractivity contribution < 1.29 is 59.9 Å². The van der Waals surface area contributed by atoms with Gasteiger partial charge in [0.2, 0.25) is 0 Å². The van der Waals surface area contributed by atoms with Gasteiger partial charge in [-0.2, -0.15) is 29.7 Å². The molecule has 0 heterocycles. The Hall–Kier alpha value is -0.356. The number of benzene rings is 1. The average molecular weight is 561 g/mol. The largest absolute Gasteiger partial charge is 2.00 e. The van der Waals surface area contributed by atoms with Crippen molar-refractivity contribution in [3.05, 3.63) is 66.5 Å². The Labute approximate surface area is 228 Å². The Morgan fingerprint density at radius 3 is 2.17 bits per heavy atom. The summed E-state index contributed by atoms with van der Waals surface area (Å²) in [6.45, 7) is 18.1. The van der Waals surface area contributed by atoms with Gasteiger partial charge in [0.05, 0.1) is 6.29 Å². The summed E-state index contributed by atoms with van der Waals surface area (Å²) in [6.07, 6.45) is 7.27. The minimum atomic E-state index is 0. The zero-order valence-electron chi connectivity index (χ0n) is 20.4. The third-order valence-electron chi connectivity index (χ3n) is 4.55. The third-order valence-corrected chi connectivity index (χ3v) is 4.55. The van der Waals surface area contributed by atoms with Crippen molar-refractivity contribution in [3.63, 3.8) is 0 Å². The molecule has 0 aliphatic heterocycles. The summed E-state index contributed by atoms with van der Waals surface area (Å²) in [5.74, 6) is 8.05. The summed E-state index contributed by atoms with van der Waals surface area (Å²) in [6, 6.07) is 7.12. The first kappa shape index (κ1) is 37.0. The number of allylic oxidation sites excluding steroid dienone is 3. The van der Waals surface area contributed by atoms with Crippen molar-refractivity contribution in [3.8, 4) is 11.8 Å². The topological polar surface area (TPSA) is 17.1 Å². The maximum Gasteiger partial charge on any atom is 2.00 e. The summed E-state index contributed by atoms with van der Waals surface area (Å²) in [5, 5.41) is 0. The maximum atomic E-state index is 11.8. The van der Waals surface area contributed by atoms with Gasteiger partial charge in [0, 0.05) is 32.7 Å². The first-order chi connectivity index (χ1) is 13.1. The molecule has 0 spiro atoms. The zero-order chi connectivity index (χ0) is 20.8. The van der Waals surface area contributed by atoms with Crippen molar-refractivity contribution in [1.29, 1.82) is 0 Å². The van der Waals surface area contributed by atoms with Crippen LogP contribution >= 0.6 is 0 Å². The molecule has 2 radical (unpaired) electrons. The average Bonchev–Trinajstić information content (AvgIpc) is 2.71. The molecule has 162 valence electrons. The molecule has 0 saturated heterocycles. The summed E-state index contributed by atoms with van der Waals surface area (Å²) in [5.41, 5.74) is 4.52. The molecular weight excluding hydrogens is 522 g/mol. The van der Waals surface area contributed by atoms with Gasteiger partial charge in [-0.15, -0.1) is 35.6 Å². The van der Waals surface area contributed by atoms with Crippen molar-refractivity contribution in [2.45, 2.75) is 74.1 Å². The van der Waals surface area contributed by atoms with Crippen LogP contribution in [0.15, 0.2) is 30.4 Å². The molecular formula is C27H39NbOY-. The molecule has 1 aliphatic carbocycles. The molecule has 30 heavy (non-hydrogen) atoms. The molecule has 3 heteroatoms. The summed E-state index contributed by atoms with van der Waals surface area (Å²) >= 11 is 0. The van der Waals surface area contributed by atoms with E-state index in [4.69, 9.17) is 0 Å². The van der Waals surface area contributed by atoms with Crippen molar-refractivity contribution in [2.24, 2.45) is 5.92 Å². The molecule has 1 nitrogen and oxygen atoms in total. The van der Waals surface area contributed by atoms with Crippen LogP contribution < -0.4 is 0 Å². The second kappa shape index (κ2) is 21.9. The van der Waals surface area contributed by atoms with Crippen LogP contribution in [0.3, 0.4) is 0 Å². The van der Waals surface area contributed by atoms with Crippen LogP contribution in [0.4, 0.5) is 0 Å². The first-order valence-electron chi connectivity index (χ1n) is 10.2. The number of aldehydes is 1. The standard InChI is InChI=1S/C22H24O.2C2H6.CH3.Nb.Y/c1-5-7-18-10-13-21(17(4)14-18)22(15-23)20(6-2)19-11-8-16(3)9-12-19;2*1-2;;;/h6,10,14-16H,2,8-9,11-12H2,1,3-4H3;2*1-2H3;1H3;;/q-2;;;-1;+2;/b22-20+;;;;;. The minimum absolute atomic E-state index is 0. The molecule has 1 aromatic rings. The molecule has 1 aliphatic rings. The van der Waals surface area contributed by atoms with E-state index in [1.807, 2.05) is 59.8 Å². The van der Waals surface area contributed by atoms with Gasteiger partial charge in [-0.1, -0.05) is 78.4 Å². The fourth-order valence-corrected chi connectivity index (χ4v) is 3.20. The van der Waals surface area contributed by atoms with E-state index >= 15 is 0 Å². The molecule has 1 aromatic carbocycles. The third kappa shape index (κ3) is 11.3. The van der Waals surface area contributed by atoms with Gasteiger partial charge in [-0.05, 0) is 12.8 Å². The predicted molar refractivity (Wildman–Crippen MR) is 126 cm³/mol. The molecule has 0 N–H and O–H groups in total. The van der Waals surface area contributed by atoms with Gasteiger partial charge in [-0.25, -0.2) is 0 Å². The number of aryl methyl sites for hydroxylation is 1. The Morgan fingerprint density at radius 1 is 1.23 bits per heavy atom. The first-order valence-corrected chi connectivity index (χ1v) is 10.2. The van der Waals surface area contributed by atoms with E-state index in [0.29, 0.717) is 5.57 Å². The second-order valence-corrected chi connectivity index (χ2v) is 6.26. The number of hydrogen-bond acceptors (Lipinski definition) is 1. The van der Waals surface area contributed by atoms with E-state index in [1.165, 1.54) is 18.8 Å². The second-order valence-electron chi connectivity index (χ2n) is 6.26. The Bertz CT molecular complexity index is 687. The normalized spacial score (nSPS) is 12.8. The van der Waals surface area contributed by atoms with Crippen LogP contribution in [0.5, 0.6) is 0 Å². The van der Waals surface area contributed by atoms with Crippen molar-refractivity contribution in [2.75, 3.05) is 0 Å². The molecule has 1 fully saturated rings. The smallest absolute Gasteiger partial charge is 0.358 e. The number of carbonyl (C=O) groups excluding carboxylic acids is 1. The molecule has 0 bridgehead atoms.